The molecule has 6 nitrogen and oxygen atoms in total. The number of nitrogens with one attached hydrogen (secondary N) is 1. The maximum atomic E-state index is 12.9. The minimum atomic E-state index is -3.75. The second-order valence-electron chi connectivity index (χ2n) is 8.49. The van der Waals surface area contributed by atoms with E-state index in [1.54, 1.807) is 19.1 Å². The van der Waals surface area contributed by atoms with Crippen LogP contribution in [0.1, 0.15) is 38.7 Å². The predicted molar refractivity (Wildman–Crippen MR) is 103 cm³/mol. The first-order valence-electron chi connectivity index (χ1n) is 9.12. The molecule has 1 aromatic carbocycles. The van der Waals surface area contributed by atoms with Crippen LogP contribution in [-0.2, 0) is 14.8 Å². The molecule has 4 rings (SSSR count). The van der Waals surface area contributed by atoms with Gasteiger partial charge in [0.15, 0.2) is 0 Å². The molecule has 0 aliphatic heterocycles. The summed E-state index contributed by atoms with van der Waals surface area (Å²) in [5, 5.41) is 0.752. The van der Waals surface area contributed by atoms with E-state index in [0.717, 1.165) is 17.4 Å². The molecule has 0 saturated heterocycles. The Hall–Kier alpha value is -2.15. The Bertz CT molecular complexity index is 1110. The second-order valence-corrected chi connectivity index (χ2v) is 10.2. The van der Waals surface area contributed by atoms with Gasteiger partial charge >= 0.3 is 5.63 Å². The summed E-state index contributed by atoms with van der Waals surface area (Å²) >= 11 is 0. The van der Waals surface area contributed by atoms with Crippen molar-refractivity contribution in [2.75, 3.05) is 10.5 Å². The van der Waals surface area contributed by atoms with E-state index in [1.807, 2.05) is 13.8 Å². The van der Waals surface area contributed by atoms with Crippen molar-refractivity contribution in [1.29, 1.82) is 0 Å². The second kappa shape index (κ2) is 5.67. The number of carbonyl (C=O) groups is 1. The van der Waals surface area contributed by atoms with Crippen LogP contribution in [0.2, 0.25) is 0 Å². The Kier molecular flexibility index (Phi) is 3.83. The van der Waals surface area contributed by atoms with Crippen LogP contribution in [0, 0.1) is 23.7 Å². The number of Topliss-reactive ketones (excluding diaryl/α,β-unsaturated/α-hetero) is 1. The highest BCUT2D eigenvalue weighted by Gasteiger charge is 2.65. The van der Waals surface area contributed by atoms with Crippen molar-refractivity contribution >= 4 is 32.5 Å². The molecular weight excluding hydrogens is 366 g/mol. The monoisotopic (exact) mass is 389 g/mol. The van der Waals surface area contributed by atoms with Gasteiger partial charge in [-0.25, -0.2) is 13.2 Å². The lowest BCUT2D eigenvalue weighted by molar-refractivity contribution is -0.128. The van der Waals surface area contributed by atoms with E-state index in [0.29, 0.717) is 24.1 Å². The first-order chi connectivity index (χ1) is 12.5. The fraction of sp³-hybridized carbons (Fsp3) is 0.500. The molecule has 1 heterocycles. The van der Waals surface area contributed by atoms with Crippen LogP contribution in [0.15, 0.2) is 33.5 Å². The lowest BCUT2D eigenvalue weighted by Gasteiger charge is -2.36. The van der Waals surface area contributed by atoms with Gasteiger partial charge < -0.3 is 4.42 Å². The summed E-state index contributed by atoms with van der Waals surface area (Å²) in [5.41, 5.74) is -0.184. The van der Waals surface area contributed by atoms with Crippen molar-refractivity contribution in [3.63, 3.8) is 0 Å². The topological polar surface area (TPSA) is 93.4 Å². The van der Waals surface area contributed by atoms with E-state index in [4.69, 9.17) is 4.42 Å². The van der Waals surface area contributed by atoms with Gasteiger partial charge in [0.05, 0.1) is 16.9 Å². The molecule has 0 unspecified atom stereocenters. The molecule has 2 aliphatic rings. The zero-order chi connectivity index (χ0) is 19.6. The largest absolute Gasteiger partial charge is 0.423 e. The van der Waals surface area contributed by atoms with Crippen molar-refractivity contribution in [3.05, 3.63) is 40.2 Å². The van der Waals surface area contributed by atoms with Crippen LogP contribution < -0.4 is 10.3 Å². The normalized spacial score (nSPS) is 26.6. The smallest absolute Gasteiger partial charge is 0.336 e. The van der Waals surface area contributed by atoms with Crippen molar-refractivity contribution in [2.45, 2.75) is 40.0 Å². The molecule has 27 heavy (non-hydrogen) atoms. The summed E-state index contributed by atoms with van der Waals surface area (Å²) in [6.07, 6.45) is 1.99. The van der Waals surface area contributed by atoms with Crippen LogP contribution in [0.5, 0.6) is 0 Å². The fourth-order valence-electron chi connectivity index (χ4n) is 5.04. The minimum absolute atomic E-state index is 0.0641. The minimum Gasteiger partial charge on any atom is -0.423 e. The molecule has 2 atom stereocenters. The number of hydrogen-bond donors (Lipinski definition) is 1. The number of fused-ring (bicyclic) bond motifs is 3. The van der Waals surface area contributed by atoms with Gasteiger partial charge in [0.1, 0.15) is 11.4 Å². The first kappa shape index (κ1) is 18.2. The van der Waals surface area contributed by atoms with Gasteiger partial charge in [-0.15, -0.1) is 0 Å². The first-order valence-corrected chi connectivity index (χ1v) is 10.8. The summed E-state index contributed by atoms with van der Waals surface area (Å²) in [6, 6.07) is 6.28. The van der Waals surface area contributed by atoms with E-state index < -0.39 is 21.1 Å². The highest BCUT2D eigenvalue weighted by Crippen LogP contribution is 2.64. The summed E-state index contributed by atoms with van der Waals surface area (Å²) in [5.74, 6) is 0.116. The molecule has 0 radical (unpaired) electrons. The number of carbonyl (C=O) groups excluding carboxylic acids is 1. The predicted octanol–water partition coefficient (Wildman–Crippen LogP) is 3.24. The fourth-order valence-corrected chi connectivity index (χ4v) is 6.92. The Morgan fingerprint density at radius 2 is 1.96 bits per heavy atom. The zero-order valence-electron chi connectivity index (χ0n) is 15.7. The zero-order valence-corrected chi connectivity index (χ0v) is 16.5. The SMILES string of the molecule is Cc1cc(=O)oc2cc(NS(=O)(=O)C[C@@]34CC[C@@H](CC3=O)C4(C)C)ccc12. The van der Waals surface area contributed by atoms with E-state index in [-0.39, 0.29) is 22.9 Å². The van der Waals surface area contributed by atoms with Crippen LogP contribution in [-0.4, -0.2) is 20.0 Å². The van der Waals surface area contributed by atoms with Gasteiger partial charge in [-0.1, -0.05) is 13.8 Å². The molecule has 0 amide bonds. The number of hydrogen-bond acceptors (Lipinski definition) is 5. The number of anilines is 1. The lowest BCUT2D eigenvalue weighted by Crippen LogP contribution is -2.43. The van der Waals surface area contributed by atoms with E-state index in [9.17, 15) is 18.0 Å². The molecule has 2 saturated carbocycles. The van der Waals surface area contributed by atoms with Crippen molar-refractivity contribution < 1.29 is 17.6 Å². The third-order valence-corrected chi connectivity index (χ3v) is 8.22. The average Bonchev–Trinajstić information content (AvgIpc) is 2.87. The average molecular weight is 389 g/mol. The highest BCUT2D eigenvalue weighted by molar-refractivity contribution is 7.92. The maximum Gasteiger partial charge on any atom is 0.336 e. The Balaban J connectivity index is 1.65. The van der Waals surface area contributed by atoms with Crippen LogP contribution in [0.3, 0.4) is 0 Å². The Labute approximate surface area is 158 Å². The molecule has 2 bridgehead atoms. The highest BCUT2D eigenvalue weighted by atomic mass is 32.2. The van der Waals surface area contributed by atoms with Gasteiger partial charge in [-0.05, 0) is 48.8 Å². The van der Waals surface area contributed by atoms with Gasteiger partial charge in [-0.3, -0.25) is 9.52 Å². The third kappa shape index (κ3) is 2.71. The lowest BCUT2D eigenvalue weighted by atomic mass is 9.70. The molecule has 1 aromatic heterocycles. The number of rotatable bonds is 4. The van der Waals surface area contributed by atoms with Crippen molar-refractivity contribution in [1.82, 2.24) is 0 Å². The number of benzene rings is 1. The number of sulfonamides is 1. The summed E-state index contributed by atoms with van der Waals surface area (Å²) in [4.78, 5) is 24.2. The third-order valence-electron chi connectivity index (χ3n) is 6.80. The number of aryl methyl sites for hydroxylation is 1. The molecule has 7 heteroatoms. The Morgan fingerprint density at radius 1 is 1.22 bits per heavy atom. The van der Waals surface area contributed by atoms with E-state index in [1.165, 1.54) is 12.1 Å². The standard InChI is InChI=1S/C20H23NO5S/c1-12-8-18(23)26-16-10-14(4-5-15(12)16)21-27(24,25)11-20-7-6-13(9-17(20)22)19(20,2)3/h4-5,8,10,13,21H,6-7,9,11H2,1-3H3/t13-,20-/m0/s1. The quantitative estimate of drug-likeness (QED) is 0.810. The molecular formula is C20H23NO5S. The molecule has 0 spiro atoms. The number of ketones is 1. The van der Waals surface area contributed by atoms with Crippen LogP contribution in [0.4, 0.5) is 5.69 Å². The summed E-state index contributed by atoms with van der Waals surface area (Å²) in [6.45, 7) is 5.82. The molecule has 2 aromatic rings. The van der Waals surface area contributed by atoms with Gasteiger partial charge in [0.25, 0.3) is 0 Å². The summed E-state index contributed by atoms with van der Waals surface area (Å²) in [7, 11) is -3.75. The van der Waals surface area contributed by atoms with Gasteiger partial charge in [0, 0.05) is 23.9 Å². The maximum absolute atomic E-state index is 12.9. The van der Waals surface area contributed by atoms with Gasteiger partial charge in [0.2, 0.25) is 10.0 Å². The molecule has 2 aliphatic carbocycles. The molecule has 144 valence electrons. The molecule has 2 fully saturated rings. The van der Waals surface area contributed by atoms with Gasteiger partial charge in [-0.2, -0.15) is 0 Å². The van der Waals surface area contributed by atoms with Crippen LogP contribution in [0.25, 0.3) is 11.0 Å². The van der Waals surface area contributed by atoms with Crippen LogP contribution >= 0.6 is 0 Å². The van der Waals surface area contributed by atoms with E-state index >= 15 is 0 Å². The summed E-state index contributed by atoms with van der Waals surface area (Å²) < 4.78 is 33.5. The van der Waals surface area contributed by atoms with Crippen molar-refractivity contribution in [2.24, 2.45) is 16.7 Å². The van der Waals surface area contributed by atoms with Crippen molar-refractivity contribution in [3.8, 4) is 0 Å². The van der Waals surface area contributed by atoms with E-state index in [2.05, 4.69) is 4.72 Å². The molecule has 1 N–H and O–H groups in total. The Morgan fingerprint density at radius 3 is 2.59 bits per heavy atom.